The molecule has 24 rings (SSSR count). The van der Waals surface area contributed by atoms with E-state index in [1.807, 2.05) is 0 Å². The Morgan fingerprint density at radius 1 is 0.201 bits per heavy atom. The van der Waals surface area contributed by atoms with Crippen LogP contribution in [-0.2, 0) is 21.7 Å². The third kappa shape index (κ3) is 15.8. The lowest BCUT2D eigenvalue weighted by atomic mass is 9.70. The molecule has 0 atom stereocenters. The number of nitrogens with zero attached hydrogens (tertiary/aromatic N) is 2. The summed E-state index contributed by atoms with van der Waals surface area (Å²) < 4.78 is 14.9. The first kappa shape index (κ1) is 92.6. The SMILES string of the molecule is CCCCCCCCC1(CCCCCCCC)c2ccccc2-c2ccc(-c3ccc4c(c3)C(C)(C)c3cc(-c5ccc(N(c6ccccc6)c6ccc7ccc8c(N(c9ccccc9)c9ccc(-c%10ccc%11c(c%10)C(C)(C)c%10cc(-c%12ccc%13c(c%12)C(CCCCCCCC)(CCCCCCCC)c%12ccccc%12-%13)ccc%10-%11)c%10c9oc9ccccc9%10)ccc9ccc6c7c98)c6oc7ccccc7c56)ccc3-4)cc21. The van der Waals surface area contributed by atoms with Crippen molar-refractivity contribution in [1.29, 1.82) is 0 Å². The van der Waals surface area contributed by atoms with Gasteiger partial charge in [0.25, 0.3) is 0 Å². The summed E-state index contributed by atoms with van der Waals surface area (Å²) in [4.78, 5) is 4.93. The first-order chi connectivity index (χ1) is 70.8. The zero-order valence-corrected chi connectivity index (χ0v) is 85.8. The van der Waals surface area contributed by atoms with E-state index in [4.69, 9.17) is 8.83 Å². The lowest BCUT2D eigenvalue weighted by Gasteiger charge is -2.33. The zero-order valence-electron chi connectivity index (χ0n) is 85.8. The van der Waals surface area contributed by atoms with Gasteiger partial charge in [0.15, 0.2) is 11.2 Å². The molecule has 144 heavy (non-hydrogen) atoms. The van der Waals surface area contributed by atoms with Gasteiger partial charge in [-0.1, -0.05) is 452 Å². The maximum atomic E-state index is 7.43. The molecule has 20 aromatic rings. The molecule has 0 bridgehead atoms. The summed E-state index contributed by atoms with van der Waals surface area (Å²) in [7, 11) is 0. The standard InChI is InChI=1S/C140H136N2O2/c1-9-13-17-21-25-43-83-139(84-44-26-22-18-14-10-2)117-55-39-35-51-105(117)111-71-63-97(89-123(111)139)95-61-69-107-109-73-65-99(91-121(109)137(5,6)119(107)87-95)103-77-81-127(135-133(103)115-53-37-41-57-129(115)143-135)141(101-47-31-29-32-48-101)125-79-67-93-60-76-114-126(80-68-94-59-75-113(125)131(93)132(94)114)142(102-49-33-30-34-50-102)128-82-78-104(134-116-54-38-42-58-130(116)144-136(128)134)100-66-74-110-108-70-62-96(88-120(108)138(7,8)122(110)92-100)98-64-72-112-106-52-36-40-56-118(106)140(124(112)90-98,85-45-27-23-19-15-11-3)86-46-28-24-20-16-12-4/h29-42,47-82,87-92H,9-28,43-46,83-86H2,1-8H3. The van der Waals surface area contributed by atoms with Crippen LogP contribution in [0.3, 0.4) is 0 Å². The normalized spacial score (nSPS) is 14.1. The molecule has 0 saturated heterocycles. The largest absolute Gasteiger partial charge is 0.454 e. The quantitative estimate of drug-likeness (QED) is 0.0285. The fraction of sp³-hybridized carbons (Fsp3) is 0.286. The smallest absolute Gasteiger partial charge is 0.160 e. The van der Waals surface area contributed by atoms with Crippen molar-refractivity contribution in [3.63, 3.8) is 0 Å². The lowest BCUT2D eigenvalue weighted by Crippen LogP contribution is -2.25. The van der Waals surface area contributed by atoms with Gasteiger partial charge in [-0.3, -0.25) is 0 Å². The van der Waals surface area contributed by atoms with Crippen molar-refractivity contribution < 1.29 is 8.83 Å². The number of unbranched alkanes of at least 4 members (excludes halogenated alkanes) is 20. The Kier molecular flexibility index (Phi) is 24.9. The second-order valence-electron chi connectivity index (χ2n) is 43.9. The summed E-state index contributed by atoms with van der Waals surface area (Å²) >= 11 is 0. The van der Waals surface area contributed by atoms with Crippen molar-refractivity contribution in [2.24, 2.45) is 0 Å². The first-order valence-corrected chi connectivity index (χ1v) is 55.2. The van der Waals surface area contributed by atoms with Crippen molar-refractivity contribution in [1.82, 2.24) is 0 Å². The molecule has 0 fully saturated rings. The molecule has 0 unspecified atom stereocenters. The number of benzene rings is 18. The number of furan rings is 2. The molecule has 0 spiro atoms. The number of rotatable bonds is 38. The van der Waals surface area contributed by atoms with Gasteiger partial charge in [-0.25, -0.2) is 0 Å². The number of anilines is 6. The highest BCUT2D eigenvalue weighted by Crippen LogP contribution is 2.62. The fourth-order valence-electron chi connectivity index (χ4n) is 27.2. The molecule has 2 aromatic heterocycles. The minimum Gasteiger partial charge on any atom is -0.454 e. The Hall–Kier alpha value is -13.8. The van der Waals surface area contributed by atoms with Gasteiger partial charge in [0.2, 0.25) is 0 Å². The second-order valence-corrected chi connectivity index (χ2v) is 43.9. The van der Waals surface area contributed by atoms with Gasteiger partial charge < -0.3 is 18.6 Å². The molecule has 0 aliphatic heterocycles. The average molecular weight is 1880 g/mol. The molecule has 718 valence electrons. The molecule has 4 nitrogen and oxygen atoms in total. The van der Waals surface area contributed by atoms with Crippen LogP contribution in [0, 0.1) is 0 Å². The monoisotopic (exact) mass is 1880 g/mol. The number of hydrogen-bond acceptors (Lipinski definition) is 4. The van der Waals surface area contributed by atoms with Crippen LogP contribution < -0.4 is 9.80 Å². The summed E-state index contributed by atoms with van der Waals surface area (Å²) in [5.74, 6) is 0. The van der Waals surface area contributed by atoms with Gasteiger partial charge in [0.1, 0.15) is 11.2 Å². The van der Waals surface area contributed by atoms with Crippen LogP contribution in [-0.4, -0.2) is 0 Å². The number of para-hydroxylation sites is 4. The maximum absolute atomic E-state index is 7.43. The molecule has 0 radical (unpaired) electrons. The van der Waals surface area contributed by atoms with Crippen LogP contribution in [0.1, 0.15) is 280 Å². The molecule has 0 amide bonds. The molecule has 2 heterocycles. The Balaban J connectivity index is 0.568. The van der Waals surface area contributed by atoms with Crippen LogP contribution >= 0.6 is 0 Å². The van der Waals surface area contributed by atoms with Crippen LogP contribution in [0.2, 0.25) is 0 Å². The van der Waals surface area contributed by atoms with Crippen LogP contribution in [0.5, 0.6) is 0 Å². The summed E-state index contributed by atoms with van der Waals surface area (Å²) in [6.07, 6.45) is 36.3. The van der Waals surface area contributed by atoms with Crippen LogP contribution in [0.15, 0.2) is 349 Å². The predicted molar refractivity (Wildman–Crippen MR) is 615 cm³/mol. The minimum atomic E-state index is -0.286. The molecule has 18 aromatic carbocycles. The molecule has 4 aliphatic rings. The predicted octanol–water partition coefficient (Wildman–Crippen LogP) is 42.1. The van der Waals surface area contributed by atoms with Crippen molar-refractivity contribution in [2.45, 2.75) is 257 Å². The molecule has 0 saturated carbocycles. The van der Waals surface area contributed by atoms with E-state index >= 15 is 0 Å². The van der Waals surface area contributed by atoms with E-state index in [0.29, 0.717) is 0 Å². The van der Waals surface area contributed by atoms with E-state index in [2.05, 4.69) is 405 Å². The van der Waals surface area contributed by atoms with Crippen LogP contribution in [0.25, 0.3) is 165 Å². The molecule has 0 N–H and O–H groups in total. The van der Waals surface area contributed by atoms with E-state index in [-0.39, 0.29) is 21.7 Å². The van der Waals surface area contributed by atoms with Crippen molar-refractivity contribution in [3.8, 4) is 89.0 Å². The minimum absolute atomic E-state index is 0.0125. The average Bonchev–Trinajstić information content (AvgIpc) is 0.904. The Morgan fingerprint density at radius 2 is 0.472 bits per heavy atom. The summed E-state index contributed by atoms with van der Waals surface area (Å²) in [6, 6.07) is 131. The molecular formula is C140H136N2O2. The van der Waals surface area contributed by atoms with Gasteiger partial charge in [-0.15, -0.1) is 0 Å². The van der Waals surface area contributed by atoms with E-state index in [1.54, 1.807) is 22.3 Å². The molecule has 4 heteroatoms. The number of hydrogen-bond donors (Lipinski definition) is 0. The van der Waals surface area contributed by atoms with E-state index < -0.39 is 0 Å². The van der Waals surface area contributed by atoms with Gasteiger partial charge >= 0.3 is 0 Å². The van der Waals surface area contributed by atoms with Crippen molar-refractivity contribution in [3.05, 3.63) is 384 Å². The van der Waals surface area contributed by atoms with E-state index in [9.17, 15) is 0 Å². The maximum Gasteiger partial charge on any atom is 0.160 e. The Labute approximate surface area is 853 Å². The van der Waals surface area contributed by atoms with Gasteiger partial charge in [0, 0.05) is 65.4 Å². The zero-order chi connectivity index (χ0) is 97.4. The molecular weight excluding hydrogens is 1740 g/mol. The summed E-state index contributed by atoms with van der Waals surface area (Å²) in [6.45, 7) is 19.2. The third-order valence-corrected chi connectivity index (χ3v) is 34.6. The summed E-state index contributed by atoms with van der Waals surface area (Å²) in [5.41, 5.74) is 41.6. The Morgan fingerprint density at radius 3 is 0.833 bits per heavy atom. The second kappa shape index (κ2) is 38.7. The Bertz CT molecular complexity index is 7720. The lowest BCUT2D eigenvalue weighted by molar-refractivity contribution is 0.398. The van der Waals surface area contributed by atoms with Gasteiger partial charge in [-0.2, -0.15) is 0 Å². The topological polar surface area (TPSA) is 32.8 Å². The van der Waals surface area contributed by atoms with E-state index in [0.717, 1.165) is 99.9 Å². The van der Waals surface area contributed by atoms with E-state index in [1.165, 1.54) is 301 Å². The fourth-order valence-corrected chi connectivity index (χ4v) is 27.2. The van der Waals surface area contributed by atoms with Crippen LogP contribution in [0.4, 0.5) is 34.1 Å². The molecule has 4 aliphatic carbocycles. The third-order valence-electron chi connectivity index (χ3n) is 34.6. The highest BCUT2D eigenvalue weighted by Gasteiger charge is 2.46. The highest BCUT2D eigenvalue weighted by molar-refractivity contribution is 6.29. The summed E-state index contributed by atoms with van der Waals surface area (Å²) in [5, 5.41) is 11.4. The first-order valence-electron chi connectivity index (χ1n) is 55.2. The highest BCUT2D eigenvalue weighted by atomic mass is 16.3. The van der Waals surface area contributed by atoms with Gasteiger partial charge in [-0.05, 0) is 278 Å². The van der Waals surface area contributed by atoms with Crippen molar-refractivity contribution >= 4 is 110 Å². The van der Waals surface area contributed by atoms with Crippen molar-refractivity contribution in [2.75, 3.05) is 9.80 Å². The number of fused-ring (bicyclic) bond motifs is 18. The van der Waals surface area contributed by atoms with Gasteiger partial charge in [0.05, 0.1) is 22.7 Å².